The maximum atomic E-state index is 5.51. The van der Waals surface area contributed by atoms with E-state index >= 15 is 0 Å². The van der Waals surface area contributed by atoms with E-state index in [0.29, 0.717) is 5.89 Å². The second-order valence-electron chi connectivity index (χ2n) is 6.03. The average molecular weight is 271 g/mol. The number of rotatable bonds is 5. The van der Waals surface area contributed by atoms with Crippen molar-refractivity contribution in [2.45, 2.75) is 44.6 Å². The van der Waals surface area contributed by atoms with Crippen molar-refractivity contribution in [2.75, 3.05) is 6.54 Å². The minimum absolute atomic E-state index is 0.0225. The molecule has 0 spiro atoms. The van der Waals surface area contributed by atoms with Gasteiger partial charge in [-0.15, -0.1) is 0 Å². The Kier molecular flexibility index (Phi) is 3.13. The summed E-state index contributed by atoms with van der Waals surface area (Å²) in [6.07, 6.45) is 2.19. The third-order valence-electron chi connectivity index (χ3n) is 4.08. The van der Waals surface area contributed by atoms with Crippen LogP contribution in [-0.2, 0) is 11.0 Å². The van der Waals surface area contributed by atoms with Gasteiger partial charge in [-0.2, -0.15) is 4.98 Å². The highest BCUT2D eigenvalue weighted by atomic mass is 16.5. The van der Waals surface area contributed by atoms with Crippen molar-refractivity contribution in [3.63, 3.8) is 0 Å². The van der Waals surface area contributed by atoms with Crippen LogP contribution in [0, 0.1) is 0 Å². The van der Waals surface area contributed by atoms with E-state index in [2.05, 4.69) is 60.5 Å². The molecule has 1 aromatic heterocycles. The van der Waals surface area contributed by atoms with E-state index in [9.17, 15) is 0 Å². The van der Waals surface area contributed by atoms with E-state index in [1.165, 1.54) is 5.56 Å². The van der Waals surface area contributed by atoms with Gasteiger partial charge in [0, 0.05) is 0 Å². The molecule has 0 saturated heterocycles. The van der Waals surface area contributed by atoms with E-state index in [1.807, 2.05) is 6.07 Å². The molecule has 0 amide bonds. The maximum Gasteiger partial charge on any atom is 0.246 e. The van der Waals surface area contributed by atoms with Crippen LogP contribution in [0.15, 0.2) is 34.9 Å². The lowest BCUT2D eigenvalue weighted by atomic mass is 9.95. The Morgan fingerprint density at radius 2 is 1.95 bits per heavy atom. The van der Waals surface area contributed by atoms with E-state index in [-0.39, 0.29) is 11.0 Å². The Morgan fingerprint density at radius 1 is 1.25 bits per heavy atom. The van der Waals surface area contributed by atoms with Crippen LogP contribution in [0.5, 0.6) is 0 Å². The van der Waals surface area contributed by atoms with Gasteiger partial charge in [0.2, 0.25) is 5.89 Å². The Morgan fingerprint density at radius 3 is 2.55 bits per heavy atom. The molecular formula is C16H21N3O. The Hall–Kier alpha value is -1.68. The molecule has 1 fully saturated rings. The Balaban J connectivity index is 1.91. The van der Waals surface area contributed by atoms with Gasteiger partial charge in [0.1, 0.15) is 0 Å². The Labute approximate surface area is 119 Å². The molecule has 1 aliphatic rings. The molecule has 0 atom stereocenters. The van der Waals surface area contributed by atoms with Crippen molar-refractivity contribution >= 4 is 0 Å². The summed E-state index contributed by atoms with van der Waals surface area (Å²) in [6.45, 7) is 7.08. The van der Waals surface area contributed by atoms with Gasteiger partial charge in [-0.3, -0.25) is 0 Å². The zero-order chi connectivity index (χ0) is 14.2. The molecule has 1 aromatic carbocycles. The van der Waals surface area contributed by atoms with Gasteiger partial charge in [-0.25, -0.2) is 0 Å². The normalized spacial score (nSPS) is 17.1. The van der Waals surface area contributed by atoms with E-state index in [4.69, 9.17) is 4.52 Å². The van der Waals surface area contributed by atoms with E-state index in [1.54, 1.807) is 0 Å². The van der Waals surface area contributed by atoms with Crippen LogP contribution in [0.2, 0.25) is 0 Å². The van der Waals surface area contributed by atoms with Gasteiger partial charge in [-0.05, 0) is 38.8 Å². The summed E-state index contributed by atoms with van der Waals surface area (Å²) in [5.74, 6) is 1.49. The topological polar surface area (TPSA) is 51.0 Å². The second-order valence-corrected chi connectivity index (χ2v) is 6.03. The van der Waals surface area contributed by atoms with Crippen molar-refractivity contribution in [3.05, 3.63) is 47.6 Å². The lowest BCUT2D eigenvalue weighted by Crippen LogP contribution is -2.36. The number of nitrogens with one attached hydrogen (secondary N) is 1. The molecule has 0 radical (unpaired) electrons. The largest absolute Gasteiger partial charge is 0.337 e. The van der Waals surface area contributed by atoms with E-state index in [0.717, 1.165) is 25.2 Å². The number of hydrogen-bond acceptors (Lipinski definition) is 4. The van der Waals surface area contributed by atoms with Gasteiger partial charge in [0.25, 0.3) is 0 Å². The summed E-state index contributed by atoms with van der Waals surface area (Å²) < 4.78 is 5.51. The Bertz CT molecular complexity index is 585. The first-order valence-corrected chi connectivity index (χ1v) is 7.24. The first kappa shape index (κ1) is 13.3. The average Bonchev–Trinajstić information content (AvgIpc) is 3.09. The quantitative estimate of drug-likeness (QED) is 0.908. The number of hydrogen-bond donors (Lipinski definition) is 1. The van der Waals surface area contributed by atoms with Gasteiger partial charge >= 0.3 is 0 Å². The summed E-state index contributed by atoms with van der Waals surface area (Å²) in [6, 6.07) is 10.5. The van der Waals surface area contributed by atoms with Gasteiger partial charge in [-0.1, -0.05) is 42.4 Å². The molecule has 20 heavy (non-hydrogen) atoms. The molecule has 1 saturated carbocycles. The summed E-state index contributed by atoms with van der Waals surface area (Å²) in [5.41, 5.74) is 0.978. The van der Waals surface area contributed by atoms with Crippen molar-refractivity contribution in [2.24, 2.45) is 0 Å². The van der Waals surface area contributed by atoms with Crippen LogP contribution in [0.3, 0.4) is 0 Å². The summed E-state index contributed by atoms with van der Waals surface area (Å²) >= 11 is 0. The smallest absolute Gasteiger partial charge is 0.246 e. The monoisotopic (exact) mass is 271 g/mol. The fourth-order valence-electron chi connectivity index (χ4n) is 2.71. The molecule has 0 aliphatic heterocycles. The van der Waals surface area contributed by atoms with Crippen molar-refractivity contribution < 1.29 is 4.52 Å². The highest BCUT2D eigenvalue weighted by molar-refractivity contribution is 5.38. The zero-order valence-corrected chi connectivity index (χ0v) is 12.3. The van der Waals surface area contributed by atoms with Crippen LogP contribution in [0.4, 0.5) is 0 Å². The standard InChI is InChI=1S/C16H21N3O/c1-4-17-15(2,3)14-18-13(19-20-14)16(10-11-16)12-8-6-5-7-9-12/h5-9,17H,4,10-11H2,1-3H3. The van der Waals surface area contributed by atoms with Gasteiger partial charge in [0.15, 0.2) is 5.82 Å². The minimum Gasteiger partial charge on any atom is -0.337 e. The fourth-order valence-corrected chi connectivity index (χ4v) is 2.71. The van der Waals surface area contributed by atoms with Crippen LogP contribution < -0.4 is 5.32 Å². The number of benzene rings is 1. The molecule has 1 heterocycles. The van der Waals surface area contributed by atoms with Gasteiger partial charge in [0.05, 0.1) is 11.0 Å². The first-order chi connectivity index (χ1) is 9.58. The maximum absolute atomic E-state index is 5.51. The molecule has 4 heteroatoms. The number of aromatic nitrogens is 2. The summed E-state index contributed by atoms with van der Waals surface area (Å²) in [5, 5.41) is 7.62. The van der Waals surface area contributed by atoms with E-state index < -0.39 is 0 Å². The lowest BCUT2D eigenvalue weighted by Gasteiger charge is -2.20. The minimum atomic E-state index is -0.285. The predicted molar refractivity (Wildman–Crippen MR) is 77.5 cm³/mol. The molecular weight excluding hydrogens is 250 g/mol. The third-order valence-corrected chi connectivity index (χ3v) is 4.08. The highest BCUT2D eigenvalue weighted by Crippen LogP contribution is 2.52. The van der Waals surface area contributed by atoms with Crippen LogP contribution in [0.1, 0.15) is 50.9 Å². The lowest BCUT2D eigenvalue weighted by molar-refractivity contribution is 0.270. The molecule has 0 bridgehead atoms. The van der Waals surface area contributed by atoms with Gasteiger partial charge < -0.3 is 9.84 Å². The van der Waals surface area contributed by atoms with Crippen molar-refractivity contribution in [3.8, 4) is 0 Å². The molecule has 106 valence electrons. The van der Waals surface area contributed by atoms with Crippen molar-refractivity contribution in [1.82, 2.24) is 15.5 Å². The summed E-state index contributed by atoms with van der Waals surface area (Å²) in [4.78, 5) is 4.67. The first-order valence-electron chi connectivity index (χ1n) is 7.24. The molecule has 3 rings (SSSR count). The predicted octanol–water partition coefficient (Wildman–Crippen LogP) is 2.99. The van der Waals surface area contributed by atoms with Crippen molar-refractivity contribution in [1.29, 1.82) is 0 Å². The molecule has 1 aliphatic carbocycles. The second kappa shape index (κ2) is 4.70. The van der Waals surface area contributed by atoms with Crippen LogP contribution >= 0.6 is 0 Å². The zero-order valence-electron chi connectivity index (χ0n) is 12.3. The molecule has 4 nitrogen and oxygen atoms in total. The van der Waals surface area contributed by atoms with Crippen LogP contribution in [-0.4, -0.2) is 16.7 Å². The summed E-state index contributed by atoms with van der Waals surface area (Å²) in [7, 11) is 0. The van der Waals surface area contributed by atoms with Crippen LogP contribution in [0.25, 0.3) is 0 Å². The molecule has 0 unspecified atom stereocenters. The molecule has 1 N–H and O–H groups in total. The molecule has 2 aromatic rings. The third kappa shape index (κ3) is 2.14. The SMILES string of the molecule is CCNC(C)(C)c1nc(C2(c3ccccc3)CC2)no1. The highest BCUT2D eigenvalue weighted by Gasteiger charge is 2.50. The fraction of sp³-hybridized carbons (Fsp3) is 0.500. The number of nitrogens with zero attached hydrogens (tertiary/aromatic N) is 2.